The number of rotatable bonds is 4. The summed E-state index contributed by atoms with van der Waals surface area (Å²) in [5, 5.41) is 10.8. The maximum Gasteiger partial charge on any atom is 0.319 e. The number of hydrogen-bond donors (Lipinski definition) is 3. The fourth-order valence-corrected chi connectivity index (χ4v) is 2.98. The standard InChI is InChI=1S/C21H18FN5O/c22-15-8-10-16(11-9-15)25-21(28)24-13-14-4-3-5-17(12-14)27-19-7-2-1-6-18(19)20(23)26-27/h1-12H,13H2,(H2,23,26)(H2,24,25,28). The first-order valence-corrected chi connectivity index (χ1v) is 8.73. The van der Waals surface area contributed by atoms with Gasteiger partial charge in [-0.05, 0) is 54.1 Å². The Kier molecular flexibility index (Phi) is 4.63. The van der Waals surface area contributed by atoms with Gasteiger partial charge in [0.25, 0.3) is 0 Å². The Labute approximate surface area is 160 Å². The molecule has 1 heterocycles. The number of aromatic nitrogens is 2. The highest BCUT2D eigenvalue weighted by atomic mass is 19.1. The molecule has 0 atom stereocenters. The molecule has 4 aromatic rings. The van der Waals surface area contributed by atoms with Crippen LogP contribution in [0.3, 0.4) is 0 Å². The first-order valence-electron chi connectivity index (χ1n) is 8.73. The number of nitrogens with two attached hydrogens (primary N) is 1. The Balaban J connectivity index is 1.48. The molecule has 6 nitrogen and oxygen atoms in total. The van der Waals surface area contributed by atoms with Crippen LogP contribution in [0.5, 0.6) is 0 Å². The Morgan fingerprint density at radius 2 is 1.82 bits per heavy atom. The van der Waals surface area contributed by atoms with Gasteiger partial charge in [0, 0.05) is 17.6 Å². The van der Waals surface area contributed by atoms with Crippen LogP contribution in [0.1, 0.15) is 5.56 Å². The number of fused-ring (bicyclic) bond motifs is 1. The third-order valence-corrected chi connectivity index (χ3v) is 4.33. The molecule has 7 heteroatoms. The van der Waals surface area contributed by atoms with Crippen LogP contribution in [-0.2, 0) is 6.54 Å². The van der Waals surface area contributed by atoms with Gasteiger partial charge >= 0.3 is 6.03 Å². The molecule has 2 amide bonds. The third-order valence-electron chi connectivity index (χ3n) is 4.33. The van der Waals surface area contributed by atoms with Gasteiger partial charge in [0.05, 0.1) is 11.2 Å². The van der Waals surface area contributed by atoms with Gasteiger partial charge in [-0.2, -0.15) is 0 Å². The van der Waals surface area contributed by atoms with Crippen molar-refractivity contribution in [3.05, 3.63) is 84.2 Å². The average Bonchev–Trinajstić information content (AvgIpc) is 3.05. The predicted molar refractivity (Wildman–Crippen MR) is 108 cm³/mol. The SMILES string of the molecule is Nc1nn(-c2cccc(CNC(=O)Nc3ccc(F)cc3)c2)c2ccccc12. The molecule has 3 aromatic carbocycles. The van der Waals surface area contributed by atoms with Crippen molar-refractivity contribution in [3.8, 4) is 5.69 Å². The molecule has 28 heavy (non-hydrogen) atoms. The van der Waals surface area contributed by atoms with E-state index in [0.717, 1.165) is 22.2 Å². The van der Waals surface area contributed by atoms with E-state index in [4.69, 9.17) is 5.73 Å². The first-order chi connectivity index (χ1) is 13.6. The zero-order valence-electron chi connectivity index (χ0n) is 14.9. The smallest absolute Gasteiger partial charge is 0.319 e. The number of anilines is 2. The summed E-state index contributed by atoms with van der Waals surface area (Å²) in [5.41, 5.74) is 9.21. The molecule has 4 N–H and O–H groups in total. The van der Waals surface area contributed by atoms with E-state index < -0.39 is 0 Å². The summed E-state index contributed by atoms with van der Waals surface area (Å²) in [6.07, 6.45) is 0. The number of nitrogen functional groups attached to an aromatic ring is 1. The molecule has 0 radical (unpaired) electrons. The molecular weight excluding hydrogens is 357 g/mol. The lowest BCUT2D eigenvalue weighted by molar-refractivity contribution is 0.251. The van der Waals surface area contributed by atoms with Crippen LogP contribution in [-0.4, -0.2) is 15.8 Å². The summed E-state index contributed by atoms with van der Waals surface area (Å²) in [4.78, 5) is 12.1. The largest absolute Gasteiger partial charge is 0.382 e. The van der Waals surface area contributed by atoms with Crippen LogP contribution in [0.4, 0.5) is 20.7 Å². The van der Waals surface area contributed by atoms with Crippen LogP contribution in [0, 0.1) is 5.82 Å². The summed E-state index contributed by atoms with van der Waals surface area (Å²) in [5.74, 6) is 0.118. The van der Waals surface area contributed by atoms with Gasteiger partial charge in [-0.1, -0.05) is 24.3 Å². The lowest BCUT2D eigenvalue weighted by Gasteiger charge is -2.09. The molecule has 140 valence electrons. The Bertz CT molecular complexity index is 1140. The highest BCUT2D eigenvalue weighted by Gasteiger charge is 2.09. The second kappa shape index (κ2) is 7.40. The zero-order chi connectivity index (χ0) is 19.5. The Morgan fingerprint density at radius 1 is 1.04 bits per heavy atom. The van der Waals surface area contributed by atoms with Crippen molar-refractivity contribution < 1.29 is 9.18 Å². The summed E-state index contributed by atoms with van der Waals surface area (Å²) in [6.45, 7) is 0.329. The van der Waals surface area contributed by atoms with Crippen LogP contribution in [0.15, 0.2) is 72.8 Å². The minimum absolute atomic E-state index is 0.329. The van der Waals surface area contributed by atoms with Crippen LogP contribution < -0.4 is 16.4 Å². The van der Waals surface area contributed by atoms with Gasteiger partial charge in [-0.15, -0.1) is 5.10 Å². The topological polar surface area (TPSA) is 85.0 Å². The number of benzene rings is 3. The molecule has 1 aromatic heterocycles. The van der Waals surface area contributed by atoms with Gasteiger partial charge < -0.3 is 16.4 Å². The molecule has 0 aliphatic carbocycles. The monoisotopic (exact) mass is 375 g/mol. The minimum atomic E-state index is -0.370. The van der Waals surface area contributed by atoms with E-state index in [2.05, 4.69) is 15.7 Å². The van der Waals surface area contributed by atoms with E-state index in [1.807, 2.05) is 48.5 Å². The fraction of sp³-hybridized carbons (Fsp3) is 0.0476. The first kappa shape index (κ1) is 17.5. The number of amides is 2. The normalized spacial score (nSPS) is 10.8. The molecule has 0 spiro atoms. The minimum Gasteiger partial charge on any atom is -0.382 e. The van der Waals surface area contributed by atoms with Gasteiger partial charge in [0.2, 0.25) is 0 Å². The number of nitrogens with zero attached hydrogens (tertiary/aromatic N) is 2. The molecule has 0 aliphatic rings. The quantitative estimate of drug-likeness (QED) is 0.503. The van der Waals surface area contributed by atoms with Crippen molar-refractivity contribution in [1.29, 1.82) is 0 Å². The van der Waals surface area contributed by atoms with Crippen LogP contribution in [0.25, 0.3) is 16.6 Å². The molecular formula is C21H18FN5O. The van der Waals surface area contributed by atoms with Crippen molar-refractivity contribution in [1.82, 2.24) is 15.1 Å². The van der Waals surface area contributed by atoms with Gasteiger partial charge in [0.15, 0.2) is 5.82 Å². The average molecular weight is 375 g/mol. The predicted octanol–water partition coefficient (Wildman–Crippen LogP) is 4.07. The summed E-state index contributed by atoms with van der Waals surface area (Å²) < 4.78 is 14.7. The Morgan fingerprint density at radius 3 is 2.64 bits per heavy atom. The number of urea groups is 1. The number of para-hydroxylation sites is 1. The van der Waals surface area contributed by atoms with E-state index >= 15 is 0 Å². The number of carbonyl (C=O) groups is 1. The molecule has 0 bridgehead atoms. The van der Waals surface area contributed by atoms with E-state index in [9.17, 15) is 9.18 Å². The summed E-state index contributed by atoms with van der Waals surface area (Å²) >= 11 is 0. The second-order valence-electron chi connectivity index (χ2n) is 6.30. The summed E-state index contributed by atoms with van der Waals surface area (Å²) in [7, 11) is 0. The van der Waals surface area contributed by atoms with E-state index in [0.29, 0.717) is 18.1 Å². The van der Waals surface area contributed by atoms with E-state index in [1.165, 1.54) is 24.3 Å². The van der Waals surface area contributed by atoms with Crippen LogP contribution >= 0.6 is 0 Å². The number of hydrogen-bond acceptors (Lipinski definition) is 3. The van der Waals surface area contributed by atoms with Crippen molar-refractivity contribution in [3.63, 3.8) is 0 Å². The highest BCUT2D eigenvalue weighted by molar-refractivity contribution is 5.90. The number of nitrogens with one attached hydrogen (secondary N) is 2. The van der Waals surface area contributed by atoms with Crippen molar-refractivity contribution in [2.45, 2.75) is 6.54 Å². The second-order valence-corrected chi connectivity index (χ2v) is 6.30. The lowest BCUT2D eigenvalue weighted by Crippen LogP contribution is -2.28. The fourth-order valence-electron chi connectivity index (χ4n) is 2.98. The molecule has 0 aliphatic heterocycles. The zero-order valence-corrected chi connectivity index (χ0v) is 14.9. The number of halogens is 1. The van der Waals surface area contributed by atoms with Crippen molar-refractivity contribution in [2.24, 2.45) is 0 Å². The molecule has 0 saturated carbocycles. The van der Waals surface area contributed by atoms with Gasteiger partial charge in [-0.3, -0.25) is 0 Å². The molecule has 0 saturated heterocycles. The van der Waals surface area contributed by atoms with Crippen molar-refractivity contribution in [2.75, 3.05) is 11.1 Å². The number of carbonyl (C=O) groups excluding carboxylic acids is 1. The van der Waals surface area contributed by atoms with E-state index in [-0.39, 0.29) is 11.8 Å². The Hall–Kier alpha value is -3.87. The van der Waals surface area contributed by atoms with Crippen molar-refractivity contribution >= 4 is 28.4 Å². The molecule has 0 unspecified atom stereocenters. The third kappa shape index (κ3) is 3.64. The van der Waals surface area contributed by atoms with Gasteiger partial charge in [-0.25, -0.2) is 13.9 Å². The molecule has 0 fully saturated rings. The maximum absolute atomic E-state index is 12.9. The highest BCUT2D eigenvalue weighted by Crippen LogP contribution is 2.23. The van der Waals surface area contributed by atoms with Crippen LogP contribution in [0.2, 0.25) is 0 Å². The van der Waals surface area contributed by atoms with Gasteiger partial charge in [0.1, 0.15) is 5.82 Å². The lowest BCUT2D eigenvalue weighted by atomic mass is 10.2. The maximum atomic E-state index is 12.9. The summed E-state index contributed by atoms with van der Waals surface area (Å²) in [6, 6.07) is 20.6. The molecule has 4 rings (SSSR count). The van der Waals surface area contributed by atoms with E-state index in [1.54, 1.807) is 4.68 Å².